The highest BCUT2D eigenvalue weighted by molar-refractivity contribution is 5.94. The summed E-state index contributed by atoms with van der Waals surface area (Å²) >= 11 is 0. The summed E-state index contributed by atoms with van der Waals surface area (Å²) in [6.45, 7) is 6.98. The maximum absolute atomic E-state index is 11.0. The molecule has 0 aromatic heterocycles. The van der Waals surface area contributed by atoms with Crippen molar-refractivity contribution in [2.45, 2.75) is 52.6 Å². The highest BCUT2D eigenvalue weighted by Crippen LogP contribution is 2.38. The van der Waals surface area contributed by atoms with Crippen molar-refractivity contribution in [2.75, 3.05) is 0 Å². The molecule has 0 radical (unpaired) electrons. The van der Waals surface area contributed by atoms with Crippen molar-refractivity contribution in [1.29, 1.82) is 0 Å². The molecule has 128 valence electrons. The highest BCUT2D eigenvalue weighted by atomic mass is 16.5. The molecule has 0 amide bonds. The van der Waals surface area contributed by atoms with Crippen molar-refractivity contribution in [3.8, 4) is 5.75 Å². The van der Waals surface area contributed by atoms with Gasteiger partial charge in [-0.25, -0.2) is 4.79 Å². The van der Waals surface area contributed by atoms with Crippen LogP contribution < -0.4 is 4.74 Å². The Morgan fingerprint density at radius 2 is 1.62 bits per heavy atom. The predicted octanol–water partition coefficient (Wildman–Crippen LogP) is 5.52. The summed E-state index contributed by atoms with van der Waals surface area (Å²) in [4.78, 5) is 11.0. The lowest BCUT2D eigenvalue weighted by atomic mass is 9.72. The smallest absolute Gasteiger partial charge is 0.335 e. The van der Waals surface area contributed by atoms with E-state index in [9.17, 15) is 4.79 Å². The molecule has 0 spiro atoms. The number of ether oxygens (including phenoxy) is 1. The van der Waals surface area contributed by atoms with Gasteiger partial charge in [0.15, 0.2) is 0 Å². The van der Waals surface area contributed by atoms with Gasteiger partial charge in [0.05, 0.1) is 11.7 Å². The number of carboxylic acid groups (broad SMARTS) is 1. The van der Waals surface area contributed by atoms with E-state index >= 15 is 0 Å². The lowest BCUT2D eigenvalue weighted by molar-refractivity contribution is 0.0697. The summed E-state index contributed by atoms with van der Waals surface area (Å²) in [5.41, 5.74) is 0.701. The molecule has 24 heavy (non-hydrogen) atoms. The van der Waals surface area contributed by atoms with Gasteiger partial charge < -0.3 is 9.84 Å². The third-order valence-corrected chi connectivity index (χ3v) is 5.26. The van der Waals surface area contributed by atoms with Crippen molar-refractivity contribution < 1.29 is 14.6 Å². The third kappa shape index (κ3) is 3.72. The van der Waals surface area contributed by atoms with Gasteiger partial charge in [-0.15, -0.1) is 0 Å². The summed E-state index contributed by atoms with van der Waals surface area (Å²) in [5, 5.41) is 11.0. The molecule has 3 heteroatoms. The second kappa shape index (κ2) is 6.46. The van der Waals surface area contributed by atoms with Gasteiger partial charge in [0.25, 0.3) is 0 Å². The summed E-state index contributed by atoms with van der Waals surface area (Å²) in [6, 6.07) is 11.1. The van der Waals surface area contributed by atoms with Crippen LogP contribution in [0.1, 0.15) is 56.8 Å². The average Bonchev–Trinajstić information content (AvgIpc) is 2.54. The molecule has 3 rings (SSSR count). The minimum absolute atomic E-state index is 0.291. The van der Waals surface area contributed by atoms with Crippen molar-refractivity contribution in [2.24, 2.45) is 11.3 Å². The Labute approximate surface area is 143 Å². The van der Waals surface area contributed by atoms with Crippen LogP contribution in [0.3, 0.4) is 0 Å². The number of carbonyl (C=O) groups is 1. The first-order chi connectivity index (χ1) is 11.3. The highest BCUT2D eigenvalue weighted by Gasteiger charge is 2.30. The largest absolute Gasteiger partial charge is 0.490 e. The van der Waals surface area contributed by atoms with Crippen LogP contribution in [-0.4, -0.2) is 17.2 Å². The summed E-state index contributed by atoms with van der Waals surface area (Å²) < 4.78 is 6.19. The minimum Gasteiger partial charge on any atom is -0.490 e. The number of hydrogen-bond donors (Lipinski definition) is 1. The van der Waals surface area contributed by atoms with Gasteiger partial charge in [0.1, 0.15) is 5.75 Å². The van der Waals surface area contributed by atoms with Gasteiger partial charge in [-0.2, -0.15) is 0 Å². The van der Waals surface area contributed by atoms with Crippen molar-refractivity contribution in [1.82, 2.24) is 0 Å². The van der Waals surface area contributed by atoms with E-state index in [0.29, 0.717) is 17.1 Å². The zero-order valence-corrected chi connectivity index (χ0v) is 14.7. The Morgan fingerprint density at radius 1 is 1.00 bits per heavy atom. The van der Waals surface area contributed by atoms with Crippen molar-refractivity contribution in [3.05, 3.63) is 42.0 Å². The lowest BCUT2D eigenvalue weighted by Gasteiger charge is -2.37. The van der Waals surface area contributed by atoms with Crippen LogP contribution in [-0.2, 0) is 0 Å². The van der Waals surface area contributed by atoms with Crippen LogP contribution in [0.5, 0.6) is 5.75 Å². The van der Waals surface area contributed by atoms with Gasteiger partial charge in [-0.05, 0) is 72.1 Å². The van der Waals surface area contributed by atoms with Crippen LogP contribution in [0.25, 0.3) is 10.8 Å². The van der Waals surface area contributed by atoms with Crippen LogP contribution in [0.15, 0.2) is 36.4 Å². The molecule has 0 aliphatic heterocycles. The maximum atomic E-state index is 11.0. The molecular formula is C21H26O3. The number of benzene rings is 2. The van der Waals surface area contributed by atoms with E-state index in [4.69, 9.17) is 9.84 Å². The molecule has 0 bridgehead atoms. The predicted molar refractivity (Wildman–Crippen MR) is 96.7 cm³/mol. The molecule has 1 fully saturated rings. The molecule has 3 nitrogen and oxygen atoms in total. The lowest BCUT2D eigenvalue weighted by Crippen LogP contribution is -2.30. The third-order valence-electron chi connectivity index (χ3n) is 5.26. The number of carboxylic acids is 1. The van der Waals surface area contributed by atoms with Crippen LogP contribution in [0.4, 0.5) is 0 Å². The van der Waals surface area contributed by atoms with Crippen LogP contribution in [0, 0.1) is 11.3 Å². The Balaban J connectivity index is 1.68. The fourth-order valence-corrected chi connectivity index (χ4v) is 3.67. The van der Waals surface area contributed by atoms with E-state index in [1.165, 1.54) is 12.8 Å². The number of rotatable bonds is 3. The maximum Gasteiger partial charge on any atom is 0.335 e. The van der Waals surface area contributed by atoms with Gasteiger partial charge in [-0.3, -0.25) is 0 Å². The van der Waals surface area contributed by atoms with E-state index in [2.05, 4.69) is 20.8 Å². The van der Waals surface area contributed by atoms with E-state index in [0.717, 1.165) is 35.3 Å². The monoisotopic (exact) mass is 326 g/mol. The molecule has 1 aliphatic rings. The first-order valence-corrected chi connectivity index (χ1v) is 8.77. The molecule has 1 N–H and O–H groups in total. The molecule has 0 saturated heterocycles. The SMILES string of the molecule is CC(C)(C)C1CCC(Oc2ccc3cc(C(=O)O)ccc3c2)CC1. The van der Waals surface area contributed by atoms with Gasteiger partial charge in [0.2, 0.25) is 0 Å². The second-order valence-corrected chi connectivity index (χ2v) is 7.99. The summed E-state index contributed by atoms with van der Waals surface area (Å²) in [7, 11) is 0. The number of hydrogen-bond acceptors (Lipinski definition) is 2. The van der Waals surface area contributed by atoms with Gasteiger partial charge in [0, 0.05) is 0 Å². The molecule has 0 atom stereocenters. The molecular weight excluding hydrogens is 300 g/mol. The van der Waals surface area contributed by atoms with E-state index < -0.39 is 5.97 Å². The standard InChI is InChI=1S/C21H26O3/c1-21(2,3)17-7-10-18(11-8-17)24-19-9-6-14-12-16(20(22)23)5-4-15(14)13-19/h4-6,9,12-13,17-18H,7-8,10-11H2,1-3H3,(H,22,23). The van der Waals surface area contributed by atoms with Gasteiger partial charge in [-0.1, -0.05) is 32.9 Å². The van der Waals surface area contributed by atoms with Crippen LogP contribution >= 0.6 is 0 Å². The topological polar surface area (TPSA) is 46.5 Å². The van der Waals surface area contributed by atoms with Crippen molar-refractivity contribution in [3.63, 3.8) is 0 Å². The first-order valence-electron chi connectivity index (χ1n) is 8.77. The first kappa shape index (κ1) is 16.8. The molecule has 0 unspecified atom stereocenters. The zero-order valence-electron chi connectivity index (χ0n) is 14.7. The van der Waals surface area contributed by atoms with E-state index in [1.807, 2.05) is 24.3 Å². The van der Waals surface area contributed by atoms with Gasteiger partial charge >= 0.3 is 5.97 Å². The molecule has 1 aliphatic carbocycles. The van der Waals surface area contributed by atoms with E-state index in [1.54, 1.807) is 12.1 Å². The summed E-state index contributed by atoms with van der Waals surface area (Å²) in [6.07, 6.45) is 4.96. The minimum atomic E-state index is -0.896. The molecule has 2 aromatic rings. The Kier molecular flexibility index (Phi) is 4.53. The fourth-order valence-electron chi connectivity index (χ4n) is 3.67. The Bertz CT molecular complexity index is 734. The van der Waals surface area contributed by atoms with Crippen LogP contribution in [0.2, 0.25) is 0 Å². The van der Waals surface area contributed by atoms with Crippen molar-refractivity contribution >= 4 is 16.7 Å². The number of fused-ring (bicyclic) bond motifs is 1. The molecule has 2 aromatic carbocycles. The van der Waals surface area contributed by atoms with E-state index in [-0.39, 0.29) is 0 Å². The molecule has 0 heterocycles. The quantitative estimate of drug-likeness (QED) is 0.807. The normalized spacial score (nSPS) is 21.6. The number of aromatic carboxylic acids is 1. The average molecular weight is 326 g/mol. The Morgan fingerprint density at radius 3 is 2.25 bits per heavy atom. The molecule has 1 saturated carbocycles. The fraction of sp³-hybridized carbons (Fsp3) is 0.476. The Hall–Kier alpha value is -2.03. The zero-order chi connectivity index (χ0) is 17.3. The second-order valence-electron chi connectivity index (χ2n) is 7.99. The summed E-state index contributed by atoms with van der Waals surface area (Å²) in [5.74, 6) is 0.765.